The van der Waals surface area contributed by atoms with Crippen molar-refractivity contribution in [2.45, 2.75) is 31.4 Å². The molecule has 0 saturated carbocycles. The van der Waals surface area contributed by atoms with Gasteiger partial charge in [0.1, 0.15) is 0 Å². The van der Waals surface area contributed by atoms with Crippen molar-refractivity contribution in [3.63, 3.8) is 0 Å². The van der Waals surface area contributed by atoms with Crippen molar-refractivity contribution in [3.05, 3.63) is 60.4 Å². The van der Waals surface area contributed by atoms with E-state index in [1.807, 2.05) is 42.5 Å². The van der Waals surface area contributed by atoms with Crippen LogP contribution in [0.3, 0.4) is 0 Å². The topological polar surface area (TPSA) is 58.0 Å². The Balaban J connectivity index is 1.83. The lowest BCUT2D eigenvalue weighted by Crippen LogP contribution is -2.38. The molecule has 3 heterocycles. The number of fused-ring (bicyclic) bond motifs is 1. The zero-order valence-electron chi connectivity index (χ0n) is 13.5. The molecule has 3 aromatic rings. The molecule has 24 heavy (non-hydrogen) atoms. The largest absolute Gasteiger partial charge is 0.387 e. The van der Waals surface area contributed by atoms with Crippen LogP contribution in [0.4, 0.5) is 0 Å². The second-order valence-electron chi connectivity index (χ2n) is 6.35. The van der Waals surface area contributed by atoms with Crippen molar-refractivity contribution < 1.29 is 5.11 Å². The minimum Gasteiger partial charge on any atom is -0.387 e. The molecule has 1 aliphatic rings. The molecule has 4 rings (SSSR count). The Kier molecular flexibility index (Phi) is 4.24. The van der Waals surface area contributed by atoms with Crippen LogP contribution in [0.5, 0.6) is 0 Å². The van der Waals surface area contributed by atoms with Gasteiger partial charge in [0, 0.05) is 29.4 Å². The maximum absolute atomic E-state index is 11.0. The molecule has 4 nitrogen and oxygen atoms in total. The van der Waals surface area contributed by atoms with E-state index in [1.165, 1.54) is 6.42 Å². The summed E-state index contributed by atoms with van der Waals surface area (Å²) in [6, 6.07) is 14.1. The van der Waals surface area contributed by atoms with E-state index in [4.69, 9.17) is 4.98 Å². The molecule has 122 valence electrons. The Morgan fingerprint density at radius 2 is 1.92 bits per heavy atom. The highest BCUT2D eigenvalue weighted by molar-refractivity contribution is 5.85. The van der Waals surface area contributed by atoms with Crippen molar-refractivity contribution in [2.75, 3.05) is 6.54 Å². The summed E-state index contributed by atoms with van der Waals surface area (Å²) in [5.74, 6) is 0. The third-order valence-electron chi connectivity index (χ3n) is 4.77. The van der Waals surface area contributed by atoms with E-state index in [0.717, 1.165) is 47.1 Å². The Labute approximate surface area is 141 Å². The van der Waals surface area contributed by atoms with Gasteiger partial charge in [-0.3, -0.25) is 4.98 Å². The van der Waals surface area contributed by atoms with Crippen LogP contribution in [0.1, 0.15) is 30.9 Å². The van der Waals surface area contributed by atoms with Crippen molar-refractivity contribution in [1.29, 1.82) is 0 Å². The quantitative estimate of drug-likeness (QED) is 0.776. The van der Waals surface area contributed by atoms with Crippen LogP contribution in [0.2, 0.25) is 0 Å². The zero-order chi connectivity index (χ0) is 16.4. The highest BCUT2D eigenvalue weighted by Gasteiger charge is 2.25. The van der Waals surface area contributed by atoms with Crippen LogP contribution < -0.4 is 5.32 Å². The number of rotatable bonds is 3. The Hall–Kier alpha value is -2.30. The van der Waals surface area contributed by atoms with E-state index in [1.54, 1.807) is 12.4 Å². The van der Waals surface area contributed by atoms with Crippen LogP contribution >= 0.6 is 0 Å². The fourth-order valence-corrected chi connectivity index (χ4v) is 3.48. The summed E-state index contributed by atoms with van der Waals surface area (Å²) < 4.78 is 0. The molecule has 0 bridgehead atoms. The lowest BCUT2D eigenvalue weighted by molar-refractivity contribution is 0.115. The lowest BCUT2D eigenvalue weighted by Gasteiger charge is -2.29. The van der Waals surface area contributed by atoms with Crippen molar-refractivity contribution in [1.82, 2.24) is 15.3 Å². The van der Waals surface area contributed by atoms with E-state index < -0.39 is 6.10 Å². The summed E-state index contributed by atoms with van der Waals surface area (Å²) in [5, 5.41) is 15.5. The molecule has 1 aromatic carbocycles. The summed E-state index contributed by atoms with van der Waals surface area (Å²) in [6.45, 7) is 0.974. The molecule has 0 aliphatic carbocycles. The number of aliphatic hydroxyl groups excluding tert-OH is 1. The third kappa shape index (κ3) is 2.90. The van der Waals surface area contributed by atoms with Gasteiger partial charge < -0.3 is 10.4 Å². The molecule has 2 N–H and O–H groups in total. The Bertz CT molecular complexity index is 829. The molecule has 0 radical (unpaired) electrons. The maximum Gasteiger partial charge on any atom is 0.0950 e. The minimum absolute atomic E-state index is 0.106. The Morgan fingerprint density at radius 3 is 2.71 bits per heavy atom. The second kappa shape index (κ2) is 6.67. The number of benzene rings is 1. The molecule has 0 spiro atoms. The van der Waals surface area contributed by atoms with Crippen molar-refractivity contribution in [2.24, 2.45) is 0 Å². The molecular weight excluding hydrogens is 298 g/mol. The molecule has 0 unspecified atom stereocenters. The normalized spacial score (nSPS) is 19.3. The zero-order valence-corrected chi connectivity index (χ0v) is 13.5. The number of nitrogens with one attached hydrogen (secondary N) is 1. The van der Waals surface area contributed by atoms with Gasteiger partial charge in [0.25, 0.3) is 0 Å². The van der Waals surface area contributed by atoms with E-state index >= 15 is 0 Å². The summed E-state index contributed by atoms with van der Waals surface area (Å²) in [7, 11) is 0. The third-order valence-corrected chi connectivity index (χ3v) is 4.77. The first-order valence-electron chi connectivity index (χ1n) is 8.54. The molecule has 1 aliphatic heterocycles. The Morgan fingerprint density at radius 1 is 1.08 bits per heavy atom. The van der Waals surface area contributed by atoms with E-state index in [-0.39, 0.29) is 6.04 Å². The average molecular weight is 319 g/mol. The smallest absolute Gasteiger partial charge is 0.0950 e. The van der Waals surface area contributed by atoms with Crippen molar-refractivity contribution >= 4 is 10.9 Å². The van der Waals surface area contributed by atoms with Gasteiger partial charge in [-0.05, 0) is 49.2 Å². The van der Waals surface area contributed by atoms with E-state index in [9.17, 15) is 5.11 Å². The number of hydrogen-bond acceptors (Lipinski definition) is 4. The molecule has 0 amide bonds. The fraction of sp³-hybridized carbons (Fsp3) is 0.300. The summed E-state index contributed by atoms with van der Waals surface area (Å²) >= 11 is 0. The van der Waals surface area contributed by atoms with Crippen LogP contribution in [0.25, 0.3) is 22.2 Å². The first-order valence-corrected chi connectivity index (χ1v) is 8.54. The highest BCUT2D eigenvalue weighted by atomic mass is 16.3. The SMILES string of the molecule is O[C@H](c1cc(-c2ccncc2)nc2ccccc12)[C@@H]1CCCCN1. The molecule has 2 atom stereocenters. The lowest BCUT2D eigenvalue weighted by atomic mass is 9.92. The number of aliphatic hydroxyl groups is 1. The van der Waals surface area contributed by atoms with E-state index in [2.05, 4.69) is 10.3 Å². The van der Waals surface area contributed by atoms with Crippen LogP contribution in [-0.2, 0) is 0 Å². The minimum atomic E-state index is -0.529. The van der Waals surface area contributed by atoms with Crippen molar-refractivity contribution in [3.8, 4) is 11.3 Å². The number of pyridine rings is 2. The maximum atomic E-state index is 11.0. The standard InChI is InChI=1S/C20H21N3O/c24-20(18-7-3-4-10-22-18)16-13-19(14-8-11-21-12-9-14)23-17-6-2-1-5-15(16)17/h1-2,5-6,8-9,11-13,18,20,22,24H,3-4,7,10H2/t18-,20+/m0/s1. The van der Waals surface area contributed by atoms with Gasteiger partial charge in [0.05, 0.1) is 17.3 Å². The number of hydrogen-bond donors (Lipinski definition) is 2. The molecule has 2 aromatic heterocycles. The van der Waals surface area contributed by atoms with Crippen LogP contribution in [-0.4, -0.2) is 27.7 Å². The molecule has 4 heteroatoms. The first kappa shape index (κ1) is 15.2. The van der Waals surface area contributed by atoms with Crippen LogP contribution in [0.15, 0.2) is 54.9 Å². The molecular formula is C20H21N3O. The van der Waals surface area contributed by atoms with Gasteiger partial charge >= 0.3 is 0 Å². The monoisotopic (exact) mass is 319 g/mol. The van der Waals surface area contributed by atoms with Gasteiger partial charge in [-0.25, -0.2) is 4.98 Å². The van der Waals surface area contributed by atoms with E-state index in [0.29, 0.717) is 0 Å². The predicted octanol–water partition coefficient (Wildman–Crippen LogP) is 3.47. The molecule has 1 saturated heterocycles. The van der Waals surface area contributed by atoms with Gasteiger partial charge in [0.2, 0.25) is 0 Å². The number of aromatic nitrogens is 2. The van der Waals surface area contributed by atoms with Crippen LogP contribution in [0, 0.1) is 0 Å². The summed E-state index contributed by atoms with van der Waals surface area (Å²) in [4.78, 5) is 8.85. The second-order valence-corrected chi connectivity index (χ2v) is 6.35. The number of piperidine rings is 1. The number of para-hydroxylation sites is 1. The predicted molar refractivity (Wildman–Crippen MR) is 95.6 cm³/mol. The molecule has 1 fully saturated rings. The average Bonchev–Trinajstić information content (AvgIpc) is 2.68. The number of nitrogens with zero attached hydrogens (tertiary/aromatic N) is 2. The fourth-order valence-electron chi connectivity index (χ4n) is 3.48. The van der Waals surface area contributed by atoms with Gasteiger partial charge in [0.15, 0.2) is 0 Å². The highest BCUT2D eigenvalue weighted by Crippen LogP contribution is 2.31. The summed E-state index contributed by atoms with van der Waals surface area (Å²) in [5.41, 5.74) is 3.75. The van der Waals surface area contributed by atoms with Gasteiger partial charge in [-0.2, -0.15) is 0 Å². The summed E-state index contributed by atoms with van der Waals surface area (Å²) in [6.07, 6.45) is 6.36. The van der Waals surface area contributed by atoms with Gasteiger partial charge in [-0.15, -0.1) is 0 Å². The van der Waals surface area contributed by atoms with Gasteiger partial charge in [-0.1, -0.05) is 24.6 Å². The first-order chi connectivity index (χ1) is 11.8.